The van der Waals surface area contributed by atoms with Crippen LogP contribution in [0.3, 0.4) is 0 Å². The van der Waals surface area contributed by atoms with Crippen molar-refractivity contribution in [2.75, 3.05) is 32.9 Å². The summed E-state index contributed by atoms with van der Waals surface area (Å²) in [6.07, 6.45) is 1.07. The Hall–Kier alpha value is -2.54. The summed E-state index contributed by atoms with van der Waals surface area (Å²) in [5.74, 6) is 3.32. The Morgan fingerprint density at radius 3 is 2.81 bits per heavy atom. The van der Waals surface area contributed by atoms with Gasteiger partial charge in [0.15, 0.2) is 5.96 Å². The summed E-state index contributed by atoms with van der Waals surface area (Å²) in [7, 11) is 0. The zero-order chi connectivity index (χ0) is 22.2. The van der Waals surface area contributed by atoms with Crippen molar-refractivity contribution in [2.24, 2.45) is 10.9 Å². The highest BCUT2D eigenvalue weighted by Crippen LogP contribution is 2.24. The number of aryl methyl sites for hydroxylation is 3. The van der Waals surface area contributed by atoms with Gasteiger partial charge in [0.25, 0.3) is 0 Å². The van der Waals surface area contributed by atoms with Gasteiger partial charge in [-0.3, -0.25) is 0 Å². The van der Waals surface area contributed by atoms with Gasteiger partial charge < -0.3 is 24.6 Å². The first-order chi connectivity index (χ1) is 15.0. The zero-order valence-electron chi connectivity index (χ0n) is 19.5. The number of ether oxygens (including phenoxy) is 2. The number of aromatic nitrogens is 1. The minimum atomic E-state index is 0.266. The van der Waals surface area contributed by atoms with Gasteiger partial charge in [0.05, 0.1) is 25.5 Å². The summed E-state index contributed by atoms with van der Waals surface area (Å²) in [5.41, 5.74) is 4.38. The average molecular weight is 429 g/mol. The third-order valence-corrected chi connectivity index (χ3v) is 5.63. The van der Waals surface area contributed by atoms with E-state index in [0.717, 1.165) is 67.0 Å². The van der Waals surface area contributed by atoms with E-state index in [1.807, 2.05) is 13.8 Å². The maximum atomic E-state index is 6.16. The van der Waals surface area contributed by atoms with E-state index in [4.69, 9.17) is 19.0 Å². The quantitative estimate of drug-likeness (QED) is 0.466. The Kier molecular flexibility index (Phi) is 8.35. The Bertz CT molecular complexity index is 852. The van der Waals surface area contributed by atoms with Gasteiger partial charge in [0.2, 0.25) is 0 Å². The van der Waals surface area contributed by atoms with Gasteiger partial charge in [-0.05, 0) is 45.7 Å². The lowest BCUT2D eigenvalue weighted by atomic mass is 10.00. The minimum absolute atomic E-state index is 0.266. The van der Waals surface area contributed by atoms with Gasteiger partial charge in [-0.2, -0.15) is 0 Å². The van der Waals surface area contributed by atoms with Crippen molar-refractivity contribution in [3.8, 4) is 5.75 Å². The fourth-order valence-corrected chi connectivity index (χ4v) is 3.90. The van der Waals surface area contributed by atoms with Gasteiger partial charge >= 0.3 is 0 Å². The van der Waals surface area contributed by atoms with Crippen molar-refractivity contribution >= 4 is 5.96 Å². The van der Waals surface area contributed by atoms with Gasteiger partial charge in [0, 0.05) is 42.7 Å². The first kappa shape index (κ1) is 23.1. The molecule has 3 rings (SSSR count). The lowest BCUT2D eigenvalue weighted by molar-refractivity contribution is 0.166. The van der Waals surface area contributed by atoms with Crippen LogP contribution in [0.15, 0.2) is 27.7 Å². The number of hydrogen-bond donors (Lipinski definition) is 2. The summed E-state index contributed by atoms with van der Waals surface area (Å²) in [6, 6.07) is 6.31. The maximum absolute atomic E-state index is 6.16. The summed E-state index contributed by atoms with van der Waals surface area (Å²) in [6.45, 7) is 14.7. The molecule has 0 bridgehead atoms. The first-order valence-electron chi connectivity index (χ1n) is 11.2. The number of nitrogens with one attached hydrogen (secondary N) is 2. The molecule has 2 N–H and O–H groups in total. The molecular weight excluding hydrogens is 392 g/mol. The molecule has 0 saturated carbocycles. The molecule has 1 aromatic carbocycles. The monoisotopic (exact) mass is 428 g/mol. The average Bonchev–Trinajstić information content (AvgIpc) is 3.38. The largest absolute Gasteiger partial charge is 0.493 e. The number of nitrogens with zero attached hydrogens (tertiary/aromatic N) is 2. The fourth-order valence-electron chi connectivity index (χ4n) is 3.90. The molecule has 2 aromatic rings. The van der Waals surface area contributed by atoms with Crippen molar-refractivity contribution < 1.29 is 14.0 Å². The topological polar surface area (TPSA) is 80.9 Å². The van der Waals surface area contributed by atoms with Crippen LogP contribution in [0.25, 0.3) is 0 Å². The molecule has 0 spiro atoms. The molecule has 1 aliphatic rings. The Morgan fingerprint density at radius 2 is 2.13 bits per heavy atom. The van der Waals surface area contributed by atoms with Crippen LogP contribution in [0, 0.1) is 26.7 Å². The summed E-state index contributed by atoms with van der Waals surface area (Å²) >= 11 is 0. The van der Waals surface area contributed by atoms with Crippen LogP contribution < -0.4 is 15.4 Å². The molecule has 7 nitrogen and oxygen atoms in total. The third kappa shape index (κ3) is 6.47. The van der Waals surface area contributed by atoms with Crippen LogP contribution in [-0.2, 0) is 11.3 Å². The molecule has 0 aliphatic carbocycles. The van der Waals surface area contributed by atoms with Crippen LogP contribution in [0.1, 0.15) is 54.3 Å². The zero-order valence-corrected chi connectivity index (χ0v) is 19.5. The normalized spacial score (nSPS) is 17.6. The molecule has 2 heterocycles. The standard InChI is InChI=1S/C24H36N4O3/c1-6-25-24(26-12-17(3)23-18(4)28-31-19(23)5)27-13-21-8-7-16(2)11-22(21)30-15-20-9-10-29-14-20/h7-8,11,17,20H,6,9-10,12-15H2,1-5H3,(H2,25,26,27). The molecule has 2 atom stereocenters. The number of rotatable bonds is 9. The smallest absolute Gasteiger partial charge is 0.191 e. The van der Waals surface area contributed by atoms with Crippen molar-refractivity contribution in [1.29, 1.82) is 0 Å². The lowest BCUT2D eigenvalue weighted by Crippen LogP contribution is -2.39. The minimum Gasteiger partial charge on any atom is -0.493 e. The van der Waals surface area contributed by atoms with E-state index in [9.17, 15) is 0 Å². The van der Waals surface area contributed by atoms with E-state index >= 15 is 0 Å². The molecule has 31 heavy (non-hydrogen) atoms. The third-order valence-electron chi connectivity index (χ3n) is 5.63. The van der Waals surface area contributed by atoms with Crippen molar-refractivity contribution in [1.82, 2.24) is 15.8 Å². The van der Waals surface area contributed by atoms with E-state index in [0.29, 0.717) is 19.1 Å². The van der Waals surface area contributed by atoms with E-state index in [1.165, 1.54) is 5.56 Å². The summed E-state index contributed by atoms with van der Waals surface area (Å²) in [5, 5.41) is 10.9. The number of hydrogen-bond acceptors (Lipinski definition) is 5. The number of benzene rings is 1. The molecule has 7 heteroatoms. The molecule has 2 unspecified atom stereocenters. The van der Waals surface area contributed by atoms with Gasteiger partial charge in [-0.25, -0.2) is 4.99 Å². The predicted molar refractivity (Wildman–Crippen MR) is 123 cm³/mol. The van der Waals surface area contributed by atoms with Crippen molar-refractivity contribution in [3.05, 3.63) is 46.3 Å². The second kappa shape index (κ2) is 11.2. The highest BCUT2D eigenvalue weighted by atomic mass is 16.5. The fraction of sp³-hybridized carbons (Fsp3) is 0.583. The summed E-state index contributed by atoms with van der Waals surface area (Å²) in [4.78, 5) is 4.80. The molecule has 1 fully saturated rings. The maximum Gasteiger partial charge on any atom is 0.191 e. The number of aliphatic imine (C=N–C) groups is 1. The second-order valence-electron chi connectivity index (χ2n) is 8.37. The van der Waals surface area contributed by atoms with Crippen LogP contribution in [0.2, 0.25) is 0 Å². The second-order valence-corrected chi connectivity index (χ2v) is 8.37. The molecule has 0 radical (unpaired) electrons. The van der Waals surface area contributed by atoms with Gasteiger partial charge in [-0.15, -0.1) is 0 Å². The SMILES string of the molecule is CCNC(=NCc1ccc(C)cc1OCC1CCOC1)NCC(C)c1c(C)noc1C. The van der Waals surface area contributed by atoms with Crippen LogP contribution in [0.5, 0.6) is 5.75 Å². The Balaban J connectivity index is 1.64. The Labute approximate surface area is 185 Å². The van der Waals surface area contributed by atoms with E-state index < -0.39 is 0 Å². The number of guanidine groups is 1. The first-order valence-corrected chi connectivity index (χ1v) is 11.2. The van der Waals surface area contributed by atoms with E-state index in [1.54, 1.807) is 0 Å². The van der Waals surface area contributed by atoms with Crippen LogP contribution in [0.4, 0.5) is 0 Å². The lowest BCUT2D eigenvalue weighted by Gasteiger charge is -2.17. The molecule has 1 aromatic heterocycles. The molecule has 170 valence electrons. The van der Waals surface area contributed by atoms with Crippen molar-refractivity contribution in [2.45, 2.75) is 53.5 Å². The van der Waals surface area contributed by atoms with E-state index in [-0.39, 0.29) is 5.92 Å². The van der Waals surface area contributed by atoms with Gasteiger partial charge in [0.1, 0.15) is 11.5 Å². The molecular formula is C24H36N4O3. The van der Waals surface area contributed by atoms with Crippen LogP contribution in [-0.4, -0.2) is 44.0 Å². The molecule has 1 aliphatic heterocycles. The Morgan fingerprint density at radius 1 is 1.29 bits per heavy atom. The van der Waals surface area contributed by atoms with Crippen molar-refractivity contribution in [3.63, 3.8) is 0 Å². The summed E-state index contributed by atoms with van der Waals surface area (Å²) < 4.78 is 16.9. The highest BCUT2D eigenvalue weighted by molar-refractivity contribution is 5.79. The molecule has 0 amide bonds. The van der Waals surface area contributed by atoms with E-state index in [2.05, 4.69) is 54.8 Å². The van der Waals surface area contributed by atoms with Crippen LogP contribution >= 0.6 is 0 Å². The molecule has 1 saturated heterocycles. The van der Waals surface area contributed by atoms with Gasteiger partial charge in [-0.1, -0.05) is 24.2 Å². The highest BCUT2D eigenvalue weighted by Gasteiger charge is 2.18. The predicted octanol–water partition coefficient (Wildman–Crippen LogP) is 3.87.